The third kappa shape index (κ3) is 3.71. The van der Waals surface area contributed by atoms with Crippen LogP contribution in [0, 0.1) is 0 Å². The Hall–Kier alpha value is -2.38. The summed E-state index contributed by atoms with van der Waals surface area (Å²) in [4.78, 5) is 5.16. The van der Waals surface area contributed by atoms with Gasteiger partial charge in [0.2, 0.25) is 5.88 Å². The summed E-state index contributed by atoms with van der Waals surface area (Å²) in [6.07, 6.45) is 7.83. The van der Waals surface area contributed by atoms with Gasteiger partial charge in [-0.05, 0) is 42.7 Å². The summed E-state index contributed by atoms with van der Waals surface area (Å²) < 4.78 is 10.7. The van der Waals surface area contributed by atoms with E-state index in [1.807, 2.05) is 22.2 Å². The maximum absolute atomic E-state index is 10.5. The molecule has 4 aromatic rings. The van der Waals surface area contributed by atoms with E-state index in [9.17, 15) is 5.11 Å². The van der Waals surface area contributed by atoms with Crippen LogP contribution >= 0.6 is 11.3 Å². The Labute approximate surface area is 192 Å². The van der Waals surface area contributed by atoms with Crippen molar-refractivity contribution >= 4 is 27.2 Å². The van der Waals surface area contributed by atoms with Crippen molar-refractivity contribution in [3.8, 4) is 5.88 Å². The molecule has 1 aliphatic heterocycles. The minimum absolute atomic E-state index is 0.0718. The van der Waals surface area contributed by atoms with Gasteiger partial charge in [-0.2, -0.15) is 10.1 Å². The third-order valence-corrected chi connectivity index (χ3v) is 7.44. The maximum atomic E-state index is 10.5. The van der Waals surface area contributed by atoms with E-state index >= 15 is 0 Å². The van der Waals surface area contributed by atoms with E-state index in [4.69, 9.17) is 9.84 Å². The molecular weight excluding hydrogens is 420 g/mol. The van der Waals surface area contributed by atoms with E-state index in [-0.39, 0.29) is 29.0 Å². The minimum Gasteiger partial charge on any atom is -0.492 e. The lowest BCUT2D eigenvalue weighted by Crippen LogP contribution is -2.33. The summed E-state index contributed by atoms with van der Waals surface area (Å²) in [5.41, 5.74) is 3.11. The van der Waals surface area contributed by atoms with E-state index < -0.39 is 0 Å². The van der Waals surface area contributed by atoms with Gasteiger partial charge in [-0.25, -0.2) is 4.68 Å². The molecular formula is C25H32N4O2S. The van der Waals surface area contributed by atoms with Gasteiger partial charge in [0.25, 0.3) is 0 Å². The van der Waals surface area contributed by atoms with Crippen molar-refractivity contribution in [2.45, 2.75) is 83.5 Å². The fourth-order valence-electron chi connectivity index (χ4n) is 5.01. The van der Waals surface area contributed by atoms with Gasteiger partial charge in [0.1, 0.15) is 0 Å². The van der Waals surface area contributed by atoms with Crippen LogP contribution in [-0.2, 0) is 15.6 Å². The first-order valence-electron chi connectivity index (χ1n) is 11.4. The Morgan fingerprint density at radius 1 is 1.19 bits per heavy atom. The van der Waals surface area contributed by atoms with Crippen molar-refractivity contribution in [3.05, 3.63) is 47.2 Å². The van der Waals surface area contributed by atoms with Gasteiger partial charge in [-0.15, -0.1) is 11.3 Å². The van der Waals surface area contributed by atoms with Gasteiger partial charge in [-0.3, -0.25) is 4.40 Å². The minimum atomic E-state index is -0.275. The van der Waals surface area contributed by atoms with E-state index in [1.165, 1.54) is 16.9 Å². The van der Waals surface area contributed by atoms with Crippen LogP contribution in [0.2, 0.25) is 0 Å². The Morgan fingerprint density at radius 2 is 2.00 bits per heavy atom. The zero-order valence-electron chi connectivity index (χ0n) is 19.5. The summed E-state index contributed by atoms with van der Waals surface area (Å²) in [6, 6.07) is 6.62. The number of nitrogens with zero attached hydrogens (tertiary/aromatic N) is 4. The molecule has 4 heterocycles. The van der Waals surface area contributed by atoms with Crippen molar-refractivity contribution < 1.29 is 9.84 Å². The number of rotatable bonds is 4. The predicted molar refractivity (Wildman–Crippen MR) is 129 cm³/mol. The molecule has 0 spiro atoms. The number of hydrogen-bond donors (Lipinski definition) is 1. The second-order valence-corrected chi connectivity index (χ2v) is 11.6. The molecule has 0 bridgehead atoms. The van der Waals surface area contributed by atoms with E-state index in [2.05, 4.69) is 62.5 Å². The van der Waals surface area contributed by atoms with Gasteiger partial charge in [-0.1, -0.05) is 46.8 Å². The highest BCUT2D eigenvalue weighted by atomic mass is 32.1. The van der Waals surface area contributed by atoms with E-state index in [0.29, 0.717) is 0 Å². The Bertz CT molecular complexity index is 1260. The van der Waals surface area contributed by atoms with Crippen LogP contribution in [0.4, 0.5) is 0 Å². The van der Waals surface area contributed by atoms with E-state index in [1.54, 1.807) is 0 Å². The number of hydrogen-bond acceptors (Lipinski definition) is 5. The maximum Gasteiger partial charge on any atom is 0.234 e. The number of benzene rings is 1. The summed E-state index contributed by atoms with van der Waals surface area (Å²) in [5, 5.41) is 18.4. The summed E-state index contributed by atoms with van der Waals surface area (Å²) >= 11 is 1.54. The third-order valence-electron chi connectivity index (χ3n) is 6.69. The highest BCUT2D eigenvalue weighted by molar-refractivity contribution is 7.15. The van der Waals surface area contributed by atoms with Crippen LogP contribution < -0.4 is 0 Å². The molecule has 170 valence electrons. The smallest absolute Gasteiger partial charge is 0.234 e. The number of aromatic nitrogens is 4. The molecule has 1 fully saturated rings. The van der Waals surface area contributed by atoms with Crippen molar-refractivity contribution in [2.24, 2.45) is 0 Å². The average Bonchev–Trinajstić information content (AvgIpc) is 3.40. The molecule has 6 nitrogen and oxygen atoms in total. The first-order chi connectivity index (χ1) is 15.1. The second kappa shape index (κ2) is 7.59. The van der Waals surface area contributed by atoms with E-state index in [0.717, 1.165) is 47.2 Å². The molecule has 1 aliphatic rings. The van der Waals surface area contributed by atoms with Gasteiger partial charge in [0, 0.05) is 22.4 Å². The lowest BCUT2D eigenvalue weighted by molar-refractivity contribution is -0.102. The number of aromatic hydroxyl groups is 1. The zero-order chi connectivity index (χ0) is 22.7. The molecule has 1 saturated heterocycles. The van der Waals surface area contributed by atoms with Crippen LogP contribution in [-0.4, -0.2) is 30.4 Å². The molecule has 7 heteroatoms. The van der Waals surface area contributed by atoms with Gasteiger partial charge < -0.3 is 9.84 Å². The Morgan fingerprint density at radius 3 is 2.78 bits per heavy atom. The van der Waals surface area contributed by atoms with Crippen LogP contribution in [0.15, 0.2) is 36.0 Å². The van der Waals surface area contributed by atoms with Gasteiger partial charge in [0.05, 0.1) is 23.5 Å². The highest BCUT2D eigenvalue weighted by Gasteiger charge is 2.35. The van der Waals surface area contributed by atoms with Crippen LogP contribution in [0.25, 0.3) is 15.9 Å². The van der Waals surface area contributed by atoms with Crippen molar-refractivity contribution in [1.82, 2.24) is 19.2 Å². The summed E-state index contributed by atoms with van der Waals surface area (Å²) in [6.45, 7) is 11.0. The quantitative estimate of drug-likeness (QED) is 0.401. The highest BCUT2D eigenvalue weighted by Crippen LogP contribution is 2.40. The molecule has 0 aliphatic carbocycles. The number of imidazole rings is 1. The number of ether oxygens (including phenoxy) is 1. The lowest BCUT2D eigenvalue weighted by Gasteiger charge is -2.35. The monoisotopic (exact) mass is 452 g/mol. The van der Waals surface area contributed by atoms with Gasteiger partial charge >= 0.3 is 0 Å². The molecule has 2 atom stereocenters. The topological polar surface area (TPSA) is 64.6 Å². The number of thiazole rings is 1. The molecule has 1 aromatic carbocycles. The second-order valence-electron chi connectivity index (χ2n) is 10.7. The Kier molecular flexibility index (Phi) is 5.09. The zero-order valence-corrected chi connectivity index (χ0v) is 20.3. The standard InChI is InChI=1S/C25H32N4O2S/c1-24(2,3)17-10-9-16-15-26-29(19(16)13-17)20-8-6-7-18(31-20)14-25(4,5)21-22(30)27-23-28(21)11-12-32-23/h9-13,15,18,20,30H,6-8,14H2,1-5H3. The SMILES string of the molecule is CC(C)(C)c1ccc2cnn(C3CCCC(CC(C)(C)c4c(O)nc5sccn45)O3)c2c1. The predicted octanol–water partition coefficient (Wildman–Crippen LogP) is 6.18. The lowest BCUT2D eigenvalue weighted by atomic mass is 9.81. The van der Waals surface area contributed by atoms with Gasteiger partial charge in [0.15, 0.2) is 11.2 Å². The van der Waals surface area contributed by atoms with Crippen LogP contribution in [0.1, 0.15) is 77.8 Å². The molecule has 32 heavy (non-hydrogen) atoms. The molecule has 2 unspecified atom stereocenters. The summed E-state index contributed by atoms with van der Waals surface area (Å²) in [7, 11) is 0. The van der Waals surface area contributed by atoms with Crippen molar-refractivity contribution in [1.29, 1.82) is 0 Å². The van der Waals surface area contributed by atoms with Crippen LogP contribution in [0.3, 0.4) is 0 Å². The Balaban J connectivity index is 1.40. The van der Waals surface area contributed by atoms with Crippen LogP contribution in [0.5, 0.6) is 5.88 Å². The molecule has 5 rings (SSSR count). The normalized spacial score (nSPS) is 20.4. The first kappa shape index (κ1) is 21.5. The molecule has 0 saturated carbocycles. The fourth-order valence-corrected chi connectivity index (χ4v) is 5.72. The van der Waals surface area contributed by atoms with Crippen molar-refractivity contribution in [2.75, 3.05) is 0 Å². The fraction of sp³-hybridized carbons (Fsp3) is 0.520. The first-order valence-corrected chi connectivity index (χ1v) is 12.3. The molecule has 0 amide bonds. The number of fused-ring (bicyclic) bond motifs is 2. The average molecular weight is 453 g/mol. The molecule has 1 N–H and O–H groups in total. The molecule has 3 aromatic heterocycles. The molecule has 0 radical (unpaired) electrons. The summed E-state index contributed by atoms with van der Waals surface area (Å²) in [5.74, 6) is 0.127. The van der Waals surface area contributed by atoms with Crippen molar-refractivity contribution in [3.63, 3.8) is 0 Å². The largest absolute Gasteiger partial charge is 0.492 e.